The molecule has 0 atom stereocenters. The van der Waals surface area contributed by atoms with Gasteiger partial charge in [0.05, 0.1) is 9.79 Å². The van der Waals surface area contributed by atoms with Crippen molar-refractivity contribution in [2.24, 2.45) is 5.92 Å². The number of hydrogen-bond donors (Lipinski definition) is 1. The highest BCUT2D eigenvalue weighted by Gasteiger charge is 2.18. The Hall–Kier alpha value is -1.65. The molecule has 2 aromatic rings. The standard InChI is InChI=1S/C18H21NO2S.C2H6/c20-22(21,17-4-2-1-3-5-17)18-8-6-15(7-9-18)14-16-10-12-19-13-11-16;1-2/h1-9,16,19H,10-14H2;1-2H3. The smallest absolute Gasteiger partial charge is 0.206 e. The predicted octanol–water partition coefficient (Wildman–Crippen LogP) is 4.09. The maximum atomic E-state index is 12.5. The molecule has 0 radical (unpaired) electrons. The van der Waals surface area contributed by atoms with Crippen LogP contribution in [-0.2, 0) is 16.3 Å². The van der Waals surface area contributed by atoms with Crippen LogP contribution in [0.1, 0.15) is 32.3 Å². The molecule has 1 saturated heterocycles. The van der Waals surface area contributed by atoms with Crippen LogP contribution in [0, 0.1) is 5.92 Å². The first-order valence-electron chi connectivity index (χ1n) is 8.76. The van der Waals surface area contributed by atoms with Gasteiger partial charge >= 0.3 is 0 Å². The van der Waals surface area contributed by atoms with Crippen molar-refractivity contribution in [1.82, 2.24) is 5.32 Å². The topological polar surface area (TPSA) is 46.2 Å². The van der Waals surface area contributed by atoms with Crippen LogP contribution in [0.3, 0.4) is 0 Å². The second-order valence-electron chi connectivity index (χ2n) is 5.86. The Bertz CT molecular complexity index is 703. The lowest BCUT2D eigenvalue weighted by Crippen LogP contribution is -2.28. The van der Waals surface area contributed by atoms with Gasteiger partial charge in [-0.1, -0.05) is 44.2 Å². The Morgan fingerprint density at radius 2 is 1.42 bits per heavy atom. The van der Waals surface area contributed by atoms with Gasteiger partial charge in [0, 0.05) is 0 Å². The Morgan fingerprint density at radius 3 is 2.00 bits per heavy atom. The van der Waals surface area contributed by atoms with Crippen LogP contribution in [0.4, 0.5) is 0 Å². The highest BCUT2D eigenvalue weighted by molar-refractivity contribution is 7.91. The molecule has 2 aromatic carbocycles. The fraction of sp³-hybridized carbons (Fsp3) is 0.400. The molecule has 0 unspecified atom stereocenters. The van der Waals surface area contributed by atoms with Crippen LogP contribution in [0.25, 0.3) is 0 Å². The van der Waals surface area contributed by atoms with Crippen molar-refractivity contribution in [2.75, 3.05) is 13.1 Å². The minimum atomic E-state index is -3.40. The van der Waals surface area contributed by atoms with Gasteiger partial charge in [0.15, 0.2) is 0 Å². The van der Waals surface area contributed by atoms with Gasteiger partial charge in [-0.15, -0.1) is 0 Å². The molecule has 1 aliphatic heterocycles. The fourth-order valence-electron chi connectivity index (χ4n) is 2.96. The van der Waals surface area contributed by atoms with E-state index in [-0.39, 0.29) is 0 Å². The summed E-state index contributed by atoms with van der Waals surface area (Å²) in [6, 6.07) is 16.0. The summed E-state index contributed by atoms with van der Waals surface area (Å²) in [5, 5.41) is 3.37. The molecule has 0 bridgehead atoms. The van der Waals surface area contributed by atoms with E-state index < -0.39 is 9.84 Å². The van der Waals surface area contributed by atoms with E-state index in [0.29, 0.717) is 15.7 Å². The van der Waals surface area contributed by atoms with Crippen molar-refractivity contribution in [3.8, 4) is 0 Å². The zero-order chi connectivity index (χ0) is 17.4. The molecule has 1 heterocycles. The summed E-state index contributed by atoms with van der Waals surface area (Å²) in [6.07, 6.45) is 3.43. The summed E-state index contributed by atoms with van der Waals surface area (Å²) in [4.78, 5) is 0.717. The molecular formula is C20H27NO2S. The Balaban J connectivity index is 0.00000100. The molecule has 24 heavy (non-hydrogen) atoms. The Labute approximate surface area is 146 Å². The summed E-state index contributed by atoms with van der Waals surface area (Å²) in [5.41, 5.74) is 1.22. The molecule has 4 heteroatoms. The van der Waals surface area contributed by atoms with E-state index in [1.165, 1.54) is 18.4 Å². The lowest BCUT2D eigenvalue weighted by molar-refractivity contribution is 0.372. The molecular weight excluding hydrogens is 318 g/mol. The van der Waals surface area contributed by atoms with Gasteiger partial charge in [0.1, 0.15) is 0 Å². The number of benzene rings is 2. The van der Waals surface area contributed by atoms with Crippen molar-refractivity contribution in [1.29, 1.82) is 0 Å². The molecule has 1 aliphatic rings. The second kappa shape index (κ2) is 9.00. The largest absolute Gasteiger partial charge is 0.317 e. The third-order valence-corrected chi connectivity index (χ3v) is 6.06. The number of sulfone groups is 1. The minimum Gasteiger partial charge on any atom is -0.317 e. The van der Waals surface area contributed by atoms with Crippen LogP contribution < -0.4 is 5.32 Å². The third kappa shape index (κ3) is 4.68. The van der Waals surface area contributed by atoms with Crippen LogP contribution >= 0.6 is 0 Å². The molecule has 3 rings (SSSR count). The van der Waals surface area contributed by atoms with E-state index >= 15 is 0 Å². The zero-order valence-corrected chi connectivity index (χ0v) is 15.4. The van der Waals surface area contributed by atoms with Crippen molar-refractivity contribution in [2.45, 2.75) is 42.9 Å². The number of hydrogen-bond acceptors (Lipinski definition) is 3. The summed E-state index contributed by atoms with van der Waals surface area (Å²) in [7, 11) is -3.40. The fourth-order valence-corrected chi connectivity index (χ4v) is 4.24. The lowest BCUT2D eigenvalue weighted by atomic mass is 9.91. The second-order valence-corrected chi connectivity index (χ2v) is 7.81. The van der Waals surface area contributed by atoms with Gasteiger partial charge in [0.25, 0.3) is 0 Å². The lowest BCUT2D eigenvalue weighted by Gasteiger charge is -2.22. The average Bonchev–Trinajstić information content (AvgIpc) is 2.65. The molecule has 0 spiro atoms. The molecule has 1 N–H and O–H groups in total. The van der Waals surface area contributed by atoms with Gasteiger partial charge in [-0.25, -0.2) is 8.42 Å². The summed E-state index contributed by atoms with van der Waals surface area (Å²) in [6.45, 7) is 6.18. The first-order chi connectivity index (χ1) is 11.7. The van der Waals surface area contributed by atoms with E-state index in [2.05, 4.69) is 5.32 Å². The first-order valence-corrected chi connectivity index (χ1v) is 10.2. The van der Waals surface area contributed by atoms with Gasteiger partial charge in [-0.2, -0.15) is 0 Å². The maximum absolute atomic E-state index is 12.5. The highest BCUT2D eigenvalue weighted by atomic mass is 32.2. The van der Waals surface area contributed by atoms with E-state index in [0.717, 1.165) is 19.5 Å². The van der Waals surface area contributed by atoms with Gasteiger partial charge in [-0.05, 0) is 68.1 Å². The maximum Gasteiger partial charge on any atom is 0.206 e. The Kier molecular flexibility index (Phi) is 7.00. The number of piperidine rings is 1. The van der Waals surface area contributed by atoms with Crippen molar-refractivity contribution < 1.29 is 8.42 Å². The predicted molar refractivity (Wildman–Crippen MR) is 99.0 cm³/mol. The van der Waals surface area contributed by atoms with Crippen LogP contribution in [-0.4, -0.2) is 21.5 Å². The normalized spacial score (nSPS) is 15.4. The van der Waals surface area contributed by atoms with Gasteiger partial charge < -0.3 is 5.32 Å². The number of nitrogens with one attached hydrogen (secondary N) is 1. The van der Waals surface area contributed by atoms with Crippen molar-refractivity contribution in [3.05, 3.63) is 60.2 Å². The highest BCUT2D eigenvalue weighted by Crippen LogP contribution is 2.23. The Morgan fingerprint density at radius 1 is 0.875 bits per heavy atom. The molecule has 0 aliphatic carbocycles. The first kappa shape index (κ1) is 18.7. The van der Waals surface area contributed by atoms with Crippen molar-refractivity contribution in [3.63, 3.8) is 0 Å². The van der Waals surface area contributed by atoms with Crippen molar-refractivity contribution >= 4 is 9.84 Å². The third-order valence-electron chi connectivity index (χ3n) is 4.27. The summed E-state index contributed by atoms with van der Waals surface area (Å²) < 4.78 is 25.1. The van der Waals surface area contributed by atoms with Crippen LogP contribution in [0.5, 0.6) is 0 Å². The monoisotopic (exact) mass is 345 g/mol. The van der Waals surface area contributed by atoms with Gasteiger partial charge in [-0.3, -0.25) is 0 Å². The molecule has 1 fully saturated rings. The molecule has 0 aromatic heterocycles. The molecule has 0 saturated carbocycles. The van der Waals surface area contributed by atoms with Gasteiger partial charge in [0.2, 0.25) is 9.84 Å². The summed E-state index contributed by atoms with van der Waals surface area (Å²) in [5.74, 6) is 0.706. The number of rotatable bonds is 4. The molecule has 3 nitrogen and oxygen atoms in total. The SMILES string of the molecule is CC.O=S(=O)(c1ccccc1)c1ccc(CC2CCNCC2)cc1. The molecule has 0 amide bonds. The molecule has 130 valence electrons. The minimum absolute atomic E-state index is 0.348. The zero-order valence-electron chi connectivity index (χ0n) is 14.5. The van der Waals surface area contributed by atoms with Crippen LogP contribution in [0.15, 0.2) is 64.4 Å². The average molecular weight is 346 g/mol. The van der Waals surface area contributed by atoms with E-state index in [9.17, 15) is 8.42 Å². The summed E-state index contributed by atoms with van der Waals surface area (Å²) >= 11 is 0. The van der Waals surface area contributed by atoms with Crippen LogP contribution in [0.2, 0.25) is 0 Å². The quantitative estimate of drug-likeness (QED) is 0.908. The van der Waals surface area contributed by atoms with E-state index in [1.54, 1.807) is 36.4 Å². The van der Waals surface area contributed by atoms with E-state index in [1.807, 2.05) is 32.0 Å². The van der Waals surface area contributed by atoms with E-state index in [4.69, 9.17) is 0 Å².